The number of methoxy groups -OCH3 is 2. The monoisotopic (exact) mass is 230 g/mol. The molecule has 0 amide bonds. The second kappa shape index (κ2) is 5.21. The summed E-state index contributed by atoms with van der Waals surface area (Å²) in [6, 6.07) is 3.64. The quantitative estimate of drug-likeness (QED) is 0.613. The van der Waals surface area contributed by atoms with Crippen molar-refractivity contribution in [3.05, 3.63) is 22.7 Å². The molecule has 0 aliphatic rings. The smallest absolute Gasteiger partial charge is 0.179 e. The molecule has 0 spiro atoms. The van der Waals surface area contributed by atoms with Crippen LogP contribution in [0, 0.1) is 0 Å². The van der Waals surface area contributed by atoms with Crippen LogP contribution in [-0.4, -0.2) is 14.2 Å². The fourth-order valence-corrected chi connectivity index (χ4v) is 1.58. The second-order valence-corrected chi connectivity index (χ2v) is 3.53. The summed E-state index contributed by atoms with van der Waals surface area (Å²) in [5.41, 5.74) is 3.59. The van der Waals surface area contributed by atoms with E-state index in [1.165, 1.54) is 0 Å². The van der Waals surface area contributed by atoms with Crippen LogP contribution in [0.3, 0.4) is 0 Å². The fraction of sp³-hybridized carbons (Fsp3) is 0.400. The van der Waals surface area contributed by atoms with Gasteiger partial charge in [-0.25, -0.2) is 0 Å². The van der Waals surface area contributed by atoms with Crippen molar-refractivity contribution in [3.63, 3.8) is 0 Å². The summed E-state index contributed by atoms with van der Waals surface area (Å²) >= 11 is 6.04. The molecule has 1 atom stereocenters. The summed E-state index contributed by atoms with van der Waals surface area (Å²) in [5.74, 6) is 6.48. The molecular formula is C10H15ClN2O2. The van der Waals surface area contributed by atoms with Gasteiger partial charge in [0.05, 0.1) is 19.2 Å². The molecule has 0 aliphatic carbocycles. The number of rotatable bonds is 4. The van der Waals surface area contributed by atoms with Crippen LogP contribution in [0.25, 0.3) is 0 Å². The number of hydrogen-bond donors (Lipinski definition) is 2. The van der Waals surface area contributed by atoms with Crippen LogP contribution in [0.2, 0.25) is 5.02 Å². The average Bonchev–Trinajstić information content (AvgIpc) is 2.26. The first-order chi connectivity index (χ1) is 7.13. The Kier molecular flexibility index (Phi) is 4.20. The zero-order valence-electron chi connectivity index (χ0n) is 9.00. The molecule has 0 aromatic heterocycles. The average molecular weight is 231 g/mol. The van der Waals surface area contributed by atoms with Crippen molar-refractivity contribution in [3.8, 4) is 11.5 Å². The maximum absolute atomic E-state index is 6.04. The summed E-state index contributed by atoms with van der Waals surface area (Å²) in [4.78, 5) is 0. The van der Waals surface area contributed by atoms with Gasteiger partial charge in [-0.3, -0.25) is 11.3 Å². The normalized spacial score (nSPS) is 12.3. The third-order valence-electron chi connectivity index (χ3n) is 2.21. The van der Waals surface area contributed by atoms with Crippen molar-refractivity contribution >= 4 is 11.6 Å². The van der Waals surface area contributed by atoms with Gasteiger partial charge in [0.2, 0.25) is 0 Å². The van der Waals surface area contributed by atoms with Gasteiger partial charge in [-0.05, 0) is 24.6 Å². The molecule has 3 N–H and O–H groups in total. The minimum Gasteiger partial charge on any atom is -0.493 e. The molecule has 0 fully saturated rings. The van der Waals surface area contributed by atoms with E-state index < -0.39 is 0 Å². The Labute approximate surface area is 94.3 Å². The van der Waals surface area contributed by atoms with Crippen molar-refractivity contribution in [2.45, 2.75) is 13.0 Å². The second-order valence-electron chi connectivity index (χ2n) is 3.13. The van der Waals surface area contributed by atoms with E-state index in [1.54, 1.807) is 20.3 Å². The van der Waals surface area contributed by atoms with Crippen LogP contribution in [-0.2, 0) is 0 Å². The molecular weight excluding hydrogens is 216 g/mol. The minimum absolute atomic E-state index is 0.00214. The van der Waals surface area contributed by atoms with Crippen molar-refractivity contribution in [2.24, 2.45) is 5.84 Å². The fourth-order valence-electron chi connectivity index (χ4n) is 1.28. The van der Waals surface area contributed by atoms with Gasteiger partial charge in [0.25, 0.3) is 0 Å². The Morgan fingerprint density at radius 3 is 2.47 bits per heavy atom. The van der Waals surface area contributed by atoms with Gasteiger partial charge in [-0.2, -0.15) is 0 Å². The highest BCUT2D eigenvalue weighted by Gasteiger charge is 2.13. The summed E-state index contributed by atoms with van der Waals surface area (Å²) < 4.78 is 10.3. The molecule has 0 radical (unpaired) electrons. The third-order valence-corrected chi connectivity index (χ3v) is 2.49. The molecule has 0 saturated heterocycles. The zero-order valence-corrected chi connectivity index (χ0v) is 9.76. The highest BCUT2D eigenvalue weighted by atomic mass is 35.5. The van der Waals surface area contributed by atoms with Gasteiger partial charge in [0.15, 0.2) is 11.5 Å². The van der Waals surface area contributed by atoms with Gasteiger partial charge in [0, 0.05) is 6.04 Å². The molecule has 0 bridgehead atoms. The highest BCUT2D eigenvalue weighted by molar-refractivity contribution is 6.32. The lowest BCUT2D eigenvalue weighted by Gasteiger charge is -2.15. The van der Waals surface area contributed by atoms with Crippen molar-refractivity contribution in [2.75, 3.05) is 14.2 Å². The van der Waals surface area contributed by atoms with E-state index in [1.807, 2.05) is 13.0 Å². The van der Waals surface area contributed by atoms with Gasteiger partial charge in [-0.1, -0.05) is 11.6 Å². The lowest BCUT2D eigenvalue weighted by Crippen LogP contribution is -2.25. The Morgan fingerprint density at radius 2 is 2.00 bits per heavy atom. The first kappa shape index (κ1) is 12.1. The molecule has 1 rings (SSSR count). The molecule has 5 heteroatoms. The van der Waals surface area contributed by atoms with Crippen molar-refractivity contribution in [1.29, 1.82) is 0 Å². The molecule has 1 aromatic rings. The molecule has 1 aromatic carbocycles. The number of nitrogens with one attached hydrogen (secondary N) is 1. The highest BCUT2D eigenvalue weighted by Crippen LogP contribution is 2.37. The van der Waals surface area contributed by atoms with Crippen LogP contribution in [0.1, 0.15) is 18.5 Å². The van der Waals surface area contributed by atoms with Gasteiger partial charge in [-0.15, -0.1) is 0 Å². The van der Waals surface area contributed by atoms with Crippen LogP contribution in [0.4, 0.5) is 0 Å². The number of nitrogens with two attached hydrogens (primary N) is 1. The SMILES string of the molecule is COc1cc(C(C)NN)cc(Cl)c1OC. The van der Waals surface area contributed by atoms with E-state index in [4.69, 9.17) is 26.9 Å². The number of benzene rings is 1. The molecule has 0 aliphatic heterocycles. The Morgan fingerprint density at radius 1 is 1.33 bits per heavy atom. The number of hydrogen-bond acceptors (Lipinski definition) is 4. The summed E-state index contributed by atoms with van der Waals surface area (Å²) in [6.45, 7) is 1.93. The predicted molar refractivity (Wildman–Crippen MR) is 60.3 cm³/mol. The first-order valence-corrected chi connectivity index (χ1v) is 4.89. The molecule has 4 nitrogen and oxygen atoms in total. The maximum atomic E-state index is 6.04. The molecule has 1 unspecified atom stereocenters. The van der Waals surface area contributed by atoms with Gasteiger partial charge in [0.1, 0.15) is 0 Å². The predicted octanol–water partition coefficient (Wildman–Crippen LogP) is 1.88. The number of hydrazine groups is 1. The summed E-state index contributed by atoms with van der Waals surface area (Å²) in [7, 11) is 3.12. The topological polar surface area (TPSA) is 56.5 Å². The molecule has 0 saturated carbocycles. The van der Waals surface area contributed by atoms with Crippen LogP contribution in [0.15, 0.2) is 12.1 Å². The lowest BCUT2D eigenvalue weighted by molar-refractivity contribution is 0.354. The number of ether oxygens (including phenoxy) is 2. The minimum atomic E-state index is 0.00214. The van der Waals surface area contributed by atoms with E-state index in [0.29, 0.717) is 16.5 Å². The van der Waals surface area contributed by atoms with Crippen LogP contribution >= 0.6 is 11.6 Å². The third kappa shape index (κ3) is 2.53. The maximum Gasteiger partial charge on any atom is 0.179 e. The van der Waals surface area contributed by atoms with E-state index in [-0.39, 0.29) is 6.04 Å². The lowest BCUT2D eigenvalue weighted by atomic mass is 10.1. The van der Waals surface area contributed by atoms with Crippen LogP contribution < -0.4 is 20.7 Å². The molecule has 84 valence electrons. The van der Waals surface area contributed by atoms with Crippen molar-refractivity contribution in [1.82, 2.24) is 5.43 Å². The number of halogens is 1. The molecule has 15 heavy (non-hydrogen) atoms. The van der Waals surface area contributed by atoms with E-state index >= 15 is 0 Å². The van der Waals surface area contributed by atoms with Gasteiger partial charge >= 0.3 is 0 Å². The van der Waals surface area contributed by atoms with Crippen LogP contribution in [0.5, 0.6) is 11.5 Å². The Bertz CT molecular complexity index is 344. The Hall–Kier alpha value is -0.970. The van der Waals surface area contributed by atoms with Gasteiger partial charge < -0.3 is 9.47 Å². The summed E-state index contributed by atoms with van der Waals surface area (Å²) in [5, 5.41) is 0.508. The largest absolute Gasteiger partial charge is 0.493 e. The zero-order chi connectivity index (χ0) is 11.4. The van der Waals surface area contributed by atoms with E-state index in [0.717, 1.165) is 5.56 Å². The first-order valence-electron chi connectivity index (χ1n) is 4.51. The standard InChI is InChI=1S/C10H15ClN2O2/c1-6(13-12)7-4-8(11)10(15-3)9(5-7)14-2/h4-6,13H,12H2,1-3H3. The Balaban J connectivity index is 3.19. The van der Waals surface area contributed by atoms with Crippen molar-refractivity contribution < 1.29 is 9.47 Å². The molecule has 0 heterocycles. The summed E-state index contributed by atoms with van der Waals surface area (Å²) in [6.07, 6.45) is 0. The van der Waals surface area contributed by atoms with E-state index in [9.17, 15) is 0 Å². The van der Waals surface area contributed by atoms with E-state index in [2.05, 4.69) is 5.43 Å².